The Balaban J connectivity index is 2.57. The second-order valence-corrected chi connectivity index (χ2v) is 2.50. The van der Waals surface area contributed by atoms with Crippen LogP contribution in [0.4, 0.5) is 0 Å². The fourth-order valence-electron chi connectivity index (χ4n) is 1.05. The van der Waals surface area contributed by atoms with Crippen LogP contribution in [0.1, 0.15) is 10.5 Å². The van der Waals surface area contributed by atoms with E-state index in [-0.39, 0.29) is 5.69 Å². The van der Waals surface area contributed by atoms with Crippen molar-refractivity contribution in [2.75, 3.05) is 0 Å². The molecule has 0 aliphatic carbocycles. The number of rotatable bonds is 2. The zero-order valence-electron chi connectivity index (χ0n) is 7.16. The highest BCUT2D eigenvalue weighted by Gasteiger charge is 2.07. The number of aldehydes is 1. The molecule has 2 rings (SSSR count). The Morgan fingerprint density at radius 3 is 2.50 bits per heavy atom. The maximum atomic E-state index is 10.6. The van der Waals surface area contributed by atoms with Gasteiger partial charge in [0.2, 0.25) is 0 Å². The van der Waals surface area contributed by atoms with E-state index >= 15 is 0 Å². The SMILES string of the molecule is O=Cc1nccnc1-c1cnccn1. The Hall–Kier alpha value is -2.17. The summed E-state index contributed by atoms with van der Waals surface area (Å²) in [5.41, 5.74) is 1.27. The topological polar surface area (TPSA) is 68.6 Å². The molecule has 0 bridgehead atoms. The number of hydrogen-bond donors (Lipinski definition) is 0. The van der Waals surface area contributed by atoms with E-state index in [2.05, 4.69) is 19.9 Å². The molecule has 5 nitrogen and oxygen atoms in total. The molecule has 0 spiro atoms. The molecule has 2 aromatic heterocycles. The van der Waals surface area contributed by atoms with Gasteiger partial charge in [0, 0.05) is 24.8 Å². The van der Waals surface area contributed by atoms with Crippen LogP contribution in [-0.2, 0) is 0 Å². The molecule has 0 aromatic carbocycles. The van der Waals surface area contributed by atoms with Gasteiger partial charge in [0.05, 0.1) is 6.20 Å². The predicted octanol–water partition coefficient (Wildman–Crippen LogP) is 0.746. The fraction of sp³-hybridized carbons (Fsp3) is 0. The van der Waals surface area contributed by atoms with Gasteiger partial charge in [-0.15, -0.1) is 0 Å². The van der Waals surface area contributed by atoms with Gasteiger partial charge in [0.25, 0.3) is 0 Å². The van der Waals surface area contributed by atoms with E-state index < -0.39 is 0 Å². The average molecular weight is 186 g/mol. The van der Waals surface area contributed by atoms with E-state index in [0.29, 0.717) is 17.7 Å². The van der Waals surface area contributed by atoms with Gasteiger partial charge in [0.1, 0.15) is 17.1 Å². The van der Waals surface area contributed by atoms with Crippen molar-refractivity contribution in [3.63, 3.8) is 0 Å². The van der Waals surface area contributed by atoms with E-state index in [1.165, 1.54) is 18.6 Å². The van der Waals surface area contributed by atoms with Crippen LogP contribution in [0, 0.1) is 0 Å². The van der Waals surface area contributed by atoms with E-state index in [1.807, 2.05) is 0 Å². The van der Waals surface area contributed by atoms with Crippen LogP contribution in [0.3, 0.4) is 0 Å². The standard InChI is InChI=1S/C9H6N4O/c14-6-8-9(13-4-3-12-8)7-5-10-1-2-11-7/h1-6H. The average Bonchev–Trinajstić information content (AvgIpc) is 2.30. The first-order chi connectivity index (χ1) is 6.92. The van der Waals surface area contributed by atoms with Crippen molar-refractivity contribution in [2.24, 2.45) is 0 Å². The summed E-state index contributed by atoms with van der Waals surface area (Å²) in [4.78, 5) is 26.5. The van der Waals surface area contributed by atoms with Crippen LogP contribution in [0.25, 0.3) is 11.4 Å². The lowest BCUT2D eigenvalue weighted by atomic mass is 10.2. The van der Waals surface area contributed by atoms with Gasteiger partial charge in [-0.05, 0) is 0 Å². The van der Waals surface area contributed by atoms with Crippen molar-refractivity contribution in [1.82, 2.24) is 19.9 Å². The molecular weight excluding hydrogens is 180 g/mol. The van der Waals surface area contributed by atoms with Crippen LogP contribution in [-0.4, -0.2) is 26.2 Å². The summed E-state index contributed by atoms with van der Waals surface area (Å²) in [7, 11) is 0. The molecule has 0 saturated heterocycles. The minimum absolute atomic E-state index is 0.271. The van der Waals surface area contributed by atoms with Gasteiger partial charge in [-0.1, -0.05) is 0 Å². The third-order valence-electron chi connectivity index (χ3n) is 1.64. The summed E-state index contributed by atoms with van der Waals surface area (Å²) in [5.74, 6) is 0. The second kappa shape index (κ2) is 3.69. The van der Waals surface area contributed by atoms with Crippen LogP contribution < -0.4 is 0 Å². The molecular formula is C9H6N4O. The van der Waals surface area contributed by atoms with E-state index in [9.17, 15) is 4.79 Å². The van der Waals surface area contributed by atoms with Gasteiger partial charge in [0.15, 0.2) is 6.29 Å². The van der Waals surface area contributed by atoms with Crippen LogP contribution in [0.15, 0.2) is 31.0 Å². The summed E-state index contributed by atoms with van der Waals surface area (Å²) >= 11 is 0. The Bertz CT molecular complexity index is 444. The molecule has 0 unspecified atom stereocenters. The molecule has 2 heterocycles. The molecule has 0 aliphatic rings. The molecule has 0 atom stereocenters. The number of hydrogen-bond acceptors (Lipinski definition) is 5. The molecule has 0 saturated carbocycles. The largest absolute Gasteiger partial charge is 0.296 e. The molecule has 0 amide bonds. The first-order valence-electron chi connectivity index (χ1n) is 3.94. The molecule has 68 valence electrons. The van der Waals surface area contributed by atoms with E-state index in [0.717, 1.165) is 0 Å². The van der Waals surface area contributed by atoms with Crippen molar-refractivity contribution in [3.8, 4) is 11.4 Å². The molecule has 2 aromatic rings. The summed E-state index contributed by atoms with van der Waals surface area (Å²) < 4.78 is 0. The van der Waals surface area contributed by atoms with Crippen LogP contribution in [0.5, 0.6) is 0 Å². The smallest absolute Gasteiger partial charge is 0.170 e. The fourth-order valence-corrected chi connectivity index (χ4v) is 1.05. The Kier molecular flexibility index (Phi) is 2.22. The van der Waals surface area contributed by atoms with Crippen molar-refractivity contribution < 1.29 is 4.79 Å². The zero-order chi connectivity index (χ0) is 9.80. The van der Waals surface area contributed by atoms with Crippen molar-refractivity contribution in [3.05, 3.63) is 36.7 Å². The first kappa shape index (κ1) is 8.43. The molecule has 5 heteroatoms. The lowest BCUT2D eigenvalue weighted by molar-refractivity contribution is 0.111. The zero-order valence-corrected chi connectivity index (χ0v) is 7.16. The summed E-state index contributed by atoms with van der Waals surface area (Å²) in [5, 5.41) is 0. The van der Waals surface area contributed by atoms with Crippen LogP contribution >= 0.6 is 0 Å². The van der Waals surface area contributed by atoms with E-state index in [1.54, 1.807) is 12.4 Å². The maximum absolute atomic E-state index is 10.6. The normalized spacial score (nSPS) is 9.71. The summed E-state index contributed by atoms with van der Waals surface area (Å²) in [6, 6.07) is 0. The Morgan fingerprint density at radius 2 is 1.79 bits per heavy atom. The Morgan fingerprint density at radius 1 is 1.00 bits per heavy atom. The van der Waals surface area contributed by atoms with Crippen molar-refractivity contribution >= 4 is 6.29 Å². The number of nitrogens with zero attached hydrogens (tertiary/aromatic N) is 4. The van der Waals surface area contributed by atoms with Crippen molar-refractivity contribution in [1.29, 1.82) is 0 Å². The first-order valence-corrected chi connectivity index (χ1v) is 3.94. The highest BCUT2D eigenvalue weighted by Crippen LogP contribution is 2.13. The quantitative estimate of drug-likeness (QED) is 0.647. The lowest BCUT2D eigenvalue weighted by Gasteiger charge is -1.99. The second-order valence-electron chi connectivity index (χ2n) is 2.50. The third-order valence-corrected chi connectivity index (χ3v) is 1.64. The highest BCUT2D eigenvalue weighted by molar-refractivity contribution is 5.81. The number of carbonyl (C=O) groups is 1. The van der Waals surface area contributed by atoms with Gasteiger partial charge >= 0.3 is 0 Å². The van der Waals surface area contributed by atoms with Crippen molar-refractivity contribution in [2.45, 2.75) is 0 Å². The van der Waals surface area contributed by atoms with Gasteiger partial charge in [-0.25, -0.2) is 4.98 Å². The maximum Gasteiger partial charge on any atom is 0.170 e. The van der Waals surface area contributed by atoms with Gasteiger partial charge in [-0.2, -0.15) is 0 Å². The van der Waals surface area contributed by atoms with E-state index in [4.69, 9.17) is 0 Å². The monoisotopic (exact) mass is 186 g/mol. The van der Waals surface area contributed by atoms with Crippen LogP contribution in [0.2, 0.25) is 0 Å². The molecule has 0 N–H and O–H groups in total. The summed E-state index contributed by atoms with van der Waals surface area (Å²) in [6.07, 6.45) is 8.26. The molecule has 0 fully saturated rings. The molecule has 0 radical (unpaired) electrons. The number of carbonyl (C=O) groups excluding carboxylic acids is 1. The third kappa shape index (κ3) is 1.47. The van der Waals surface area contributed by atoms with Gasteiger partial charge in [-0.3, -0.25) is 19.7 Å². The summed E-state index contributed by atoms with van der Waals surface area (Å²) in [6.45, 7) is 0. The van der Waals surface area contributed by atoms with Gasteiger partial charge < -0.3 is 0 Å². The lowest BCUT2D eigenvalue weighted by Crippen LogP contribution is -1.96. The molecule has 14 heavy (non-hydrogen) atoms. The minimum Gasteiger partial charge on any atom is -0.296 e. The number of aromatic nitrogens is 4. The molecule has 0 aliphatic heterocycles. The minimum atomic E-state index is 0.271. The predicted molar refractivity (Wildman–Crippen MR) is 48.4 cm³/mol. The Labute approximate surface area is 79.9 Å². The highest BCUT2D eigenvalue weighted by atomic mass is 16.1.